The molecule has 0 aromatic rings. The Morgan fingerprint density at radius 1 is 1.31 bits per heavy atom. The van der Waals surface area contributed by atoms with Crippen molar-refractivity contribution in [2.75, 3.05) is 39.8 Å². The van der Waals surface area contributed by atoms with Gasteiger partial charge in [0.15, 0.2) is 0 Å². The molecule has 7 nitrogen and oxygen atoms in total. The second-order valence-electron chi connectivity index (χ2n) is 3.31. The van der Waals surface area contributed by atoms with E-state index in [1.807, 2.05) is 0 Å². The molecule has 1 saturated heterocycles. The molecule has 1 aliphatic rings. The van der Waals surface area contributed by atoms with Gasteiger partial charge in [-0.2, -0.15) is 0 Å². The fourth-order valence-corrected chi connectivity index (χ4v) is 1.35. The first-order valence-corrected chi connectivity index (χ1v) is 5.00. The molecule has 1 heterocycles. The first-order chi connectivity index (χ1) is 7.65. The van der Waals surface area contributed by atoms with Gasteiger partial charge in [0.1, 0.15) is 0 Å². The minimum absolute atomic E-state index is 0.173. The largest absolute Gasteiger partial charge is 0.462 e. The van der Waals surface area contributed by atoms with Crippen LogP contribution < -0.4 is 10.6 Å². The Hall–Kier alpha value is -1.63. The molecule has 0 saturated carbocycles. The van der Waals surface area contributed by atoms with Gasteiger partial charge in [0.2, 0.25) is 5.91 Å². The summed E-state index contributed by atoms with van der Waals surface area (Å²) in [4.78, 5) is 34.9. The van der Waals surface area contributed by atoms with E-state index in [0.717, 1.165) is 20.2 Å². The monoisotopic (exact) mass is 229 g/mol. The van der Waals surface area contributed by atoms with E-state index in [9.17, 15) is 14.4 Å². The number of ether oxygens (including phenoxy) is 1. The van der Waals surface area contributed by atoms with Gasteiger partial charge in [0.25, 0.3) is 0 Å². The van der Waals surface area contributed by atoms with Crippen LogP contribution in [-0.2, 0) is 19.1 Å². The Kier molecular flexibility index (Phi) is 4.71. The van der Waals surface area contributed by atoms with Crippen molar-refractivity contribution in [2.45, 2.75) is 0 Å². The number of nitrogens with zero attached hydrogens (tertiary/aromatic N) is 1. The van der Waals surface area contributed by atoms with Crippen molar-refractivity contribution in [3.63, 3.8) is 0 Å². The summed E-state index contributed by atoms with van der Waals surface area (Å²) in [6.07, 6.45) is 0. The van der Waals surface area contributed by atoms with Gasteiger partial charge in [-0.25, -0.2) is 4.79 Å². The Morgan fingerprint density at radius 3 is 2.50 bits per heavy atom. The SMILES string of the molecule is COC(=O)C(=O)NCC(=O)N1CCNCC1. The third-order valence-corrected chi connectivity index (χ3v) is 2.24. The summed E-state index contributed by atoms with van der Waals surface area (Å²) in [5.74, 6) is -2.09. The number of hydrogen-bond donors (Lipinski definition) is 2. The summed E-state index contributed by atoms with van der Waals surface area (Å²) in [6, 6.07) is 0. The Labute approximate surface area is 93.1 Å². The van der Waals surface area contributed by atoms with Crippen LogP contribution in [0.5, 0.6) is 0 Å². The van der Waals surface area contributed by atoms with Crippen molar-refractivity contribution in [1.82, 2.24) is 15.5 Å². The van der Waals surface area contributed by atoms with E-state index in [-0.39, 0.29) is 12.5 Å². The van der Waals surface area contributed by atoms with Crippen molar-refractivity contribution in [1.29, 1.82) is 0 Å². The molecular weight excluding hydrogens is 214 g/mol. The Balaban J connectivity index is 2.28. The fraction of sp³-hybridized carbons (Fsp3) is 0.667. The number of rotatable bonds is 2. The van der Waals surface area contributed by atoms with Crippen molar-refractivity contribution in [2.24, 2.45) is 0 Å². The molecule has 0 spiro atoms. The number of esters is 1. The van der Waals surface area contributed by atoms with Crippen molar-refractivity contribution in [3.05, 3.63) is 0 Å². The molecule has 90 valence electrons. The Morgan fingerprint density at radius 2 is 1.94 bits per heavy atom. The smallest absolute Gasteiger partial charge is 0.396 e. The van der Waals surface area contributed by atoms with E-state index in [4.69, 9.17) is 0 Å². The second kappa shape index (κ2) is 6.06. The zero-order valence-electron chi connectivity index (χ0n) is 9.12. The van der Waals surface area contributed by atoms with E-state index < -0.39 is 11.9 Å². The molecule has 1 rings (SSSR count). The molecule has 0 bridgehead atoms. The van der Waals surface area contributed by atoms with Crippen LogP contribution >= 0.6 is 0 Å². The van der Waals surface area contributed by atoms with Gasteiger partial charge < -0.3 is 20.3 Å². The molecule has 16 heavy (non-hydrogen) atoms. The summed E-state index contributed by atoms with van der Waals surface area (Å²) in [5, 5.41) is 5.31. The predicted molar refractivity (Wildman–Crippen MR) is 54.5 cm³/mol. The normalized spacial score (nSPS) is 15.4. The van der Waals surface area contributed by atoms with Gasteiger partial charge in [-0.15, -0.1) is 0 Å². The molecule has 0 aromatic carbocycles. The highest BCUT2D eigenvalue weighted by atomic mass is 16.5. The average molecular weight is 229 g/mol. The lowest BCUT2D eigenvalue weighted by Gasteiger charge is -2.27. The molecule has 0 aliphatic carbocycles. The third kappa shape index (κ3) is 3.50. The molecule has 7 heteroatoms. The lowest BCUT2D eigenvalue weighted by Crippen LogP contribution is -2.50. The van der Waals surface area contributed by atoms with E-state index in [1.54, 1.807) is 4.90 Å². The summed E-state index contributed by atoms with van der Waals surface area (Å²) >= 11 is 0. The maximum Gasteiger partial charge on any atom is 0.396 e. The maximum atomic E-state index is 11.5. The van der Waals surface area contributed by atoms with E-state index >= 15 is 0 Å². The van der Waals surface area contributed by atoms with Gasteiger partial charge in [0.05, 0.1) is 13.7 Å². The first-order valence-electron chi connectivity index (χ1n) is 5.00. The molecule has 2 N–H and O–H groups in total. The van der Waals surface area contributed by atoms with Gasteiger partial charge in [-0.1, -0.05) is 0 Å². The highest BCUT2D eigenvalue weighted by Crippen LogP contribution is 1.92. The number of amides is 2. The van der Waals surface area contributed by atoms with Crippen LogP contribution in [0, 0.1) is 0 Å². The highest BCUT2D eigenvalue weighted by Gasteiger charge is 2.19. The van der Waals surface area contributed by atoms with Crippen LogP contribution in [0.1, 0.15) is 0 Å². The van der Waals surface area contributed by atoms with Gasteiger partial charge in [-0.3, -0.25) is 9.59 Å². The topological polar surface area (TPSA) is 87.7 Å². The van der Waals surface area contributed by atoms with Gasteiger partial charge in [0, 0.05) is 26.2 Å². The molecular formula is C9H15N3O4. The summed E-state index contributed by atoms with van der Waals surface area (Å²) in [5.41, 5.74) is 0. The quantitative estimate of drug-likeness (QED) is 0.411. The van der Waals surface area contributed by atoms with E-state index in [1.165, 1.54) is 0 Å². The number of carbonyl (C=O) groups excluding carboxylic acids is 3. The minimum Gasteiger partial charge on any atom is -0.462 e. The van der Waals surface area contributed by atoms with Gasteiger partial charge in [-0.05, 0) is 0 Å². The zero-order valence-corrected chi connectivity index (χ0v) is 9.12. The fourth-order valence-electron chi connectivity index (χ4n) is 1.35. The second-order valence-corrected chi connectivity index (χ2v) is 3.31. The van der Waals surface area contributed by atoms with Crippen molar-refractivity contribution in [3.8, 4) is 0 Å². The number of piperazine rings is 1. The zero-order chi connectivity index (χ0) is 12.0. The standard InChI is InChI=1S/C9H15N3O4/c1-16-9(15)8(14)11-6-7(13)12-4-2-10-3-5-12/h10H,2-6H2,1H3,(H,11,14). The lowest BCUT2D eigenvalue weighted by molar-refractivity contribution is -0.153. The van der Waals surface area contributed by atoms with E-state index in [2.05, 4.69) is 15.4 Å². The van der Waals surface area contributed by atoms with E-state index in [0.29, 0.717) is 13.1 Å². The predicted octanol–water partition coefficient (Wildman–Crippen LogP) is -2.29. The van der Waals surface area contributed by atoms with Crippen molar-refractivity contribution >= 4 is 17.8 Å². The minimum atomic E-state index is -0.992. The van der Waals surface area contributed by atoms with Crippen LogP contribution in [0.4, 0.5) is 0 Å². The molecule has 0 unspecified atom stereocenters. The van der Waals surface area contributed by atoms with Crippen LogP contribution in [0.3, 0.4) is 0 Å². The number of methoxy groups -OCH3 is 1. The summed E-state index contributed by atoms with van der Waals surface area (Å²) < 4.78 is 4.20. The maximum absolute atomic E-state index is 11.5. The molecule has 0 radical (unpaired) electrons. The lowest BCUT2D eigenvalue weighted by atomic mass is 10.3. The summed E-state index contributed by atoms with van der Waals surface area (Å²) in [6.45, 7) is 2.56. The summed E-state index contributed by atoms with van der Waals surface area (Å²) in [7, 11) is 1.11. The highest BCUT2D eigenvalue weighted by molar-refractivity contribution is 6.32. The molecule has 0 atom stereocenters. The van der Waals surface area contributed by atoms with Crippen LogP contribution in [-0.4, -0.2) is 62.5 Å². The van der Waals surface area contributed by atoms with Crippen LogP contribution in [0.2, 0.25) is 0 Å². The molecule has 1 aliphatic heterocycles. The molecule has 1 fully saturated rings. The molecule has 0 aromatic heterocycles. The van der Waals surface area contributed by atoms with Gasteiger partial charge >= 0.3 is 11.9 Å². The average Bonchev–Trinajstić information content (AvgIpc) is 2.35. The number of nitrogens with one attached hydrogen (secondary N) is 2. The third-order valence-electron chi connectivity index (χ3n) is 2.24. The number of carbonyl (C=O) groups is 3. The van der Waals surface area contributed by atoms with Crippen molar-refractivity contribution < 1.29 is 19.1 Å². The first kappa shape index (κ1) is 12.4. The molecule has 2 amide bonds. The van der Waals surface area contributed by atoms with Crippen LogP contribution in [0.25, 0.3) is 0 Å². The van der Waals surface area contributed by atoms with Crippen LogP contribution in [0.15, 0.2) is 0 Å². The number of hydrogen-bond acceptors (Lipinski definition) is 5. The Bertz CT molecular complexity index is 286.